The second-order valence-electron chi connectivity index (χ2n) is 9.09. The lowest BCUT2D eigenvalue weighted by molar-refractivity contribution is -0.116. The molecule has 1 aromatic heterocycles. The largest absolute Gasteiger partial charge is 0.383 e. The average molecular weight is 538 g/mol. The molecule has 3 amide bonds. The Labute approximate surface area is 231 Å². The summed E-state index contributed by atoms with van der Waals surface area (Å²) in [6, 6.07) is 30.0. The fourth-order valence-corrected chi connectivity index (χ4v) is 4.34. The van der Waals surface area contributed by atoms with Gasteiger partial charge in [0.2, 0.25) is 5.91 Å². The number of methoxy groups -OCH3 is 1. The lowest BCUT2D eigenvalue weighted by Crippen LogP contribution is -2.42. The highest BCUT2D eigenvalue weighted by molar-refractivity contribution is 6.03. The first-order valence-corrected chi connectivity index (χ1v) is 12.8. The summed E-state index contributed by atoms with van der Waals surface area (Å²) in [7, 11) is 1.53. The van der Waals surface area contributed by atoms with Crippen LogP contribution in [-0.4, -0.2) is 53.4 Å². The first-order valence-electron chi connectivity index (χ1n) is 12.8. The number of ether oxygens (including phenoxy) is 1. The molecule has 0 bridgehead atoms. The van der Waals surface area contributed by atoms with Gasteiger partial charge in [-0.2, -0.15) is 5.10 Å². The van der Waals surface area contributed by atoms with Gasteiger partial charge in [0.1, 0.15) is 18.2 Å². The minimum atomic E-state index is -0.430. The smallest absolute Gasteiger partial charge is 0.322 e. The number of nitrogens with one attached hydrogen (secondary N) is 2. The number of hydrogen-bond acceptors (Lipinski definition) is 4. The van der Waals surface area contributed by atoms with E-state index in [0.717, 1.165) is 16.3 Å². The molecule has 0 aliphatic carbocycles. The quantitative estimate of drug-likeness (QED) is 0.243. The molecular formula is C31H28FN5O3. The number of hydrogen-bond donors (Lipinski definition) is 2. The Morgan fingerprint density at radius 3 is 2.40 bits per heavy atom. The van der Waals surface area contributed by atoms with Crippen LogP contribution >= 0.6 is 0 Å². The van der Waals surface area contributed by atoms with Crippen LogP contribution in [0.25, 0.3) is 27.7 Å². The number of anilines is 2. The van der Waals surface area contributed by atoms with Crippen LogP contribution in [0.4, 0.5) is 20.7 Å². The van der Waals surface area contributed by atoms with Crippen molar-refractivity contribution in [3.63, 3.8) is 0 Å². The van der Waals surface area contributed by atoms with Crippen LogP contribution < -0.4 is 10.6 Å². The maximum atomic E-state index is 13.6. The van der Waals surface area contributed by atoms with E-state index in [1.54, 1.807) is 18.2 Å². The molecule has 0 unspecified atom stereocenters. The van der Waals surface area contributed by atoms with Gasteiger partial charge in [-0.3, -0.25) is 4.79 Å². The van der Waals surface area contributed by atoms with Gasteiger partial charge in [-0.1, -0.05) is 66.7 Å². The molecule has 0 radical (unpaired) electrons. The molecule has 2 N–H and O–H groups in total. The van der Waals surface area contributed by atoms with Crippen LogP contribution in [-0.2, 0) is 9.53 Å². The Morgan fingerprint density at radius 1 is 0.900 bits per heavy atom. The van der Waals surface area contributed by atoms with Crippen LogP contribution in [0.2, 0.25) is 0 Å². The summed E-state index contributed by atoms with van der Waals surface area (Å²) in [5.74, 6) is -0.417. The molecule has 0 atom stereocenters. The minimum Gasteiger partial charge on any atom is -0.383 e. The van der Waals surface area contributed by atoms with E-state index in [9.17, 15) is 14.0 Å². The lowest BCUT2D eigenvalue weighted by Gasteiger charge is -2.23. The average Bonchev–Trinajstić information content (AvgIpc) is 3.39. The summed E-state index contributed by atoms with van der Waals surface area (Å²) < 4.78 is 20.3. The number of carbonyl (C=O) groups is 2. The zero-order valence-electron chi connectivity index (χ0n) is 21.9. The normalized spacial score (nSPS) is 10.8. The molecule has 5 aromatic rings. The summed E-state index contributed by atoms with van der Waals surface area (Å²) in [6.45, 7) is 0.226. The van der Waals surface area contributed by atoms with Crippen molar-refractivity contribution < 1.29 is 18.7 Å². The van der Waals surface area contributed by atoms with E-state index in [1.807, 2.05) is 72.8 Å². The van der Waals surface area contributed by atoms with Crippen molar-refractivity contribution in [3.8, 4) is 16.9 Å². The molecule has 8 nitrogen and oxygen atoms in total. The number of amides is 3. The molecule has 0 fully saturated rings. The Morgan fingerprint density at radius 2 is 1.62 bits per heavy atom. The predicted octanol–water partition coefficient (Wildman–Crippen LogP) is 5.95. The third kappa shape index (κ3) is 6.16. The molecular weight excluding hydrogens is 509 g/mol. The summed E-state index contributed by atoms with van der Waals surface area (Å²) in [4.78, 5) is 27.9. The number of aromatic nitrogens is 2. The van der Waals surface area contributed by atoms with Gasteiger partial charge in [0.15, 0.2) is 0 Å². The Hall–Kier alpha value is -5.02. The van der Waals surface area contributed by atoms with Crippen LogP contribution in [0.15, 0.2) is 103 Å². The molecule has 4 aromatic carbocycles. The first kappa shape index (κ1) is 26.6. The van der Waals surface area contributed by atoms with Crippen LogP contribution in [0.3, 0.4) is 0 Å². The molecule has 5 rings (SSSR count). The number of fused-ring (bicyclic) bond motifs is 1. The predicted molar refractivity (Wildman–Crippen MR) is 154 cm³/mol. The number of benzene rings is 4. The van der Waals surface area contributed by atoms with Gasteiger partial charge in [-0.05, 0) is 35.7 Å². The highest BCUT2D eigenvalue weighted by Gasteiger charge is 2.20. The van der Waals surface area contributed by atoms with E-state index in [4.69, 9.17) is 4.74 Å². The van der Waals surface area contributed by atoms with Gasteiger partial charge in [0.05, 0.1) is 23.7 Å². The molecule has 202 valence electrons. The molecule has 9 heteroatoms. The molecule has 0 saturated carbocycles. The van der Waals surface area contributed by atoms with Crippen LogP contribution in [0.5, 0.6) is 0 Å². The van der Waals surface area contributed by atoms with E-state index < -0.39 is 11.9 Å². The number of nitrogens with zero attached hydrogens (tertiary/aromatic N) is 3. The highest BCUT2D eigenvalue weighted by atomic mass is 19.1. The van der Waals surface area contributed by atoms with Crippen molar-refractivity contribution >= 4 is 34.2 Å². The van der Waals surface area contributed by atoms with E-state index in [-0.39, 0.29) is 25.5 Å². The molecule has 0 aliphatic rings. The van der Waals surface area contributed by atoms with Gasteiger partial charge >= 0.3 is 6.03 Å². The highest BCUT2D eigenvalue weighted by Crippen LogP contribution is 2.26. The maximum absolute atomic E-state index is 13.6. The zero-order valence-corrected chi connectivity index (χ0v) is 21.9. The second-order valence-corrected chi connectivity index (χ2v) is 9.09. The zero-order chi connectivity index (χ0) is 27.9. The van der Waals surface area contributed by atoms with Crippen molar-refractivity contribution in [2.24, 2.45) is 0 Å². The van der Waals surface area contributed by atoms with Gasteiger partial charge in [-0.15, -0.1) is 0 Å². The monoisotopic (exact) mass is 537 g/mol. The van der Waals surface area contributed by atoms with Crippen molar-refractivity contribution in [2.45, 2.75) is 0 Å². The third-order valence-electron chi connectivity index (χ3n) is 6.34. The van der Waals surface area contributed by atoms with E-state index in [1.165, 1.54) is 28.8 Å². The SMILES string of the molecule is COCCN(CC(=O)Nc1cc(-c2ccccc2)nn1-c1ccc(F)cc1)C(=O)Nc1cccc2ccccc12. The lowest BCUT2D eigenvalue weighted by atomic mass is 10.1. The fourth-order valence-electron chi connectivity index (χ4n) is 4.34. The first-order chi connectivity index (χ1) is 19.5. The van der Waals surface area contributed by atoms with Crippen molar-refractivity contribution in [2.75, 3.05) is 37.4 Å². The van der Waals surface area contributed by atoms with Gasteiger partial charge in [0, 0.05) is 30.7 Å². The van der Waals surface area contributed by atoms with E-state index >= 15 is 0 Å². The fraction of sp³-hybridized carbons (Fsp3) is 0.129. The summed E-state index contributed by atoms with van der Waals surface area (Å²) >= 11 is 0. The molecule has 1 heterocycles. The van der Waals surface area contributed by atoms with Gasteiger partial charge in [-0.25, -0.2) is 13.9 Å². The maximum Gasteiger partial charge on any atom is 0.322 e. The van der Waals surface area contributed by atoms with Gasteiger partial charge < -0.3 is 20.3 Å². The number of carbonyl (C=O) groups excluding carboxylic acids is 2. The van der Waals surface area contributed by atoms with E-state index in [2.05, 4.69) is 15.7 Å². The molecule has 40 heavy (non-hydrogen) atoms. The van der Waals surface area contributed by atoms with E-state index in [0.29, 0.717) is 22.9 Å². The molecule has 0 saturated heterocycles. The number of rotatable bonds is 9. The summed E-state index contributed by atoms with van der Waals surface area (Å²) in [6.07, 6.45) is 0. The Balaban J connectivity index is 1.37. The van der Waals surface area contributed by atoms with Crippen molar-refractivity contribution in [3.05, 3.63) is 109 Å². The minimum absolute atomic E-state index is 0.201. The topological polar surface area (TPSA) is 88.5 Å². The number of halogens is 1. The molecule has 0 aliphatic heterocycles. The number of urea groups is 1. The van der Waals surface area contributed by atoms with Crippen molar-refractivity contribution in [1.29, 1.82) is 0 Å². The second kappa shape index (κ2) is 12.2. The van der Waals surface area contributed by atoms with Crippen LogP contribution in [0, 0.1) is 5.82 Å². The summed E-state index contributed by atoms with van der Waals surface area (Å²) in [5, 5.41) is 12.3. The Kier molecular flexibility index (Phi) is 8.13. The molecule has 0 spiro atoms. The van der Waals surface area contributed by atoms with Crippen molar-refractivity contribution in [1.82, 2.24) is 14.7 Å². The van der Waals surface area contributed by atoms with Gasteiger partial charge in [0.25, 0.3) is 0 Å². The van der Waals surface area contributed by atoms with Crippen LogP contribution in [0.1, 0.15) is 0 Å². The third-order valence-corrected chi connectivity index (χ3v) is 6.34. The Bertz CT molecular complexity index is 1610. The standard InChI is InChI=1S/C31H28FN5O3/c1-40-19-18-36(31(39)33-27-13-7-11-22-8-5-6-12-26(22)27)21-30(38)34-29-20-28(23-9-3-2-4-10-23)35-37(29)25-16-14-24(32)15-17-25/h2-17,20H,18-19,21H2,1H3,(H,33,39)(H,34,38). The summed E-state index contributed by atoms with van der Waals surface area (Å²) in [5.41, 5.74) is 2.71.